The molecule has 1 aliphatic rings. The molecule has 3 heterocycles. The topological polar surface area (TPSA) is 91.7 Å². The average Bonchev–Trinajstić information content (AvgIpc) is 3.01. The first-order chi connectivity index (χ1) is 9.66. The van der Waals surface area contributed by atoms with Gasteiger partial charge in [-0.2, -0.15) is 5.10 Å². The van der Waals surface area contributed by atoms with Crippen LogP contribution in [-0.2, 0) is 13.0 Å². The highest BCUT2D eigenvalue weighted by atomic mass is 16.6. The molecule has 0 aromatic carbocycles. The fourth-order valence-corrected chi connectivity index (χ4v) is 2.57. The zero-order chi connectivity index (χ0) is 14.1. The molecule has 3 rings (SSSR count). The molecule has 0 aliphatic carbocycles. The Labute approximate surface area is 115 Å². The maximum atomic E-state index is 10.7. The predicted octanol–water partition coefficient (Wildman–Crippen LogP) is 1.72. The standard InChI is InChI=1S/C12H16N6O2/c1-9(17-8-10(7-13-17)18(19)20)12-15-14-11-5-3-2-4-6-16(11)12/h7-9H,2-6H2,1H3/t9-/m1/s1. The van der Waals surface area contributed by atoms with Gasteiger partial charge in [-0.15, -0.1) is 10.2 Å². The van der Waals surface area contributed by atoms with Crippen molar-refractivity contribution in [2.45, 2.75) is 45.2 Å². The fourth-order valence-electron chi connectivity index (χ4n) is 2.57. The number of nitro groups is 1. The van der Waals surface area contributed by atoms with E-state index in [1.807, 2.05) is 6.92 Å². The number of rotatable bonds is 3. The summed E-state index contributed by atoms with van der Waals surface area (Å²) in [5, 5.41) is 23.3. The normalized spacial score (nSPS) is 16.4. The Balaban J connectivity index is 1.91. The lowest BCUT2D eigenvalue weighted by Gasteiger charge is -2.13. The maximum absolute atomic E-state index is 10.7. The SMILES string of the molecule is C[C@H](c1nnc2n1CCCCC2)n1cc([N+](=O)[O-])cn1. The monoisotopic (exact) mass is 276 g/mol. The van der Waals surface area contributed by atoms with Crippen LogP contribution in [-0.4, -0.2) is 29.5 Å². The van der Waals surface area contributed by atoms with Gasteiger partial charge in [-0.3, -0.25) is 14.8 Å². The molecule has 20 heavy (non-hydrogen) atoms. The Bertz CT molecular complexity index is 632. The van der Waals surface area contributed by atoms with Crippen molar-refractivity contribution in [2.24, 2.45) is 0 Å². The van der Waals surface area contributed by atoms with Crippen molar-refractivity contribution >= 4 is 5.69 Å². The molecule has 0 radical (unpaired) electrons. The van der Waals surface area contributed by atoms with Crippen LogP contribution in [0.1, 0.15) is 43.9 Å². The number of hydrogen-bond acceptors (Lipinski definition) is 5. The van der Waals surface area contributed by atoms with Gasteiger partial charge in [-0.05, 0) is 19.8 Å². The molecule has 0 fully saturated rings. The molecule has 8 nitrogen and oxygen atoms in total. The van der Waals surface area contributed by atoms with Gasteiger partial charge in [0.15, 0.2) is 5.82 Å². The summed E-state index contributed by atoms with van der Waals surface area (Å²) in [6.45, 7) is 2.84. The summed E-state index contributed by atoms with van der Waals surface area (Å²) in [4.78, 5) is 10.3. The molecule has 1 atom stereocenters. The molecule has 2 aromatic rings. The summed E-state index contributed by atoms with van der Waals surface area (Å²) in [6.07, 6.45) is 7.09. The van der Waals surface area contributed by atoms with Crippen molar-refractivity contribution < 1.29 is 4.92 Å². The first-order valence-corrected chi connectivity index (χ1v) is 6.77. The number of hydrogen-bond donors (Lipinski definition) is 0. The van der Waals surface area contributed by atoms with E-state index in [4.69, 9.17) is 0 Å². The van der Waals surface area contributed by atoms with Gasteiger partial charge in [0, 0.05) is 13.0 Å². The Morgan fingerprint density at radius 2 is 2.20 bits per heavy atom. The van der Waals surface area contributed by atoms with Crippen molar-refractivity contribution in [3.63, 3.8) is 0 Å². The second-order valence-electron chi connectivity index (χ2n) is 5.05. The van der Waals surface area contributed by atoms with Gasteiger partial charge in [0.2, 0.25) is 0 Å². The molecular weight excluding hydrogens is 260 g/mol. The summed E-state index contributed by atoms with van der Waals surface area (Å²) < 4.78 is 3.70. The minimum absolute atomic E-state index is 0.00699. The number of fused-ring (bicyclic) bond motifs is 1. The van der Waals surface area contributed by atoms with Crippen molar-refractivity contribution in [3.8, 4) is 0 Å². The number of aromatic nitrogens is 5. The van der Waals surface area contributed by atoms with Crippen molar-refractivity contribution in [3.05, 3.63) is 34.2 Å². The predicted molar refractivity (Wildman–Crippen MR) is 70.3 cm³/mol. The van der Waals surface area contributed by atoms with Crippen molar-refractivity contribution in [1.82, 2.24) is 24.5 Å². The second-order valence-corrected chi connectivity index (χ2v) is 5.05. The van der Waals surface area contributed by atoms with Crippen LogP contribution in [0, 0.1) is 10.1 Å². The van der Waals surface area contributed by atoms with E-state index in [-0.39, 0.29) is 11.7 Å². The summed E-state index contributed by atoms with van der Waals surface area (Å²) in [5.74, 6) is 1.82. The van der Waals surface area contributed by atoms with E-state index < -0.39 is 4.92 Å². The van der Waals surface area contributed by atoms with E-state index in [1.165, 1.54) is 18.8 Å². The van der Waals surface area contributed by atoms with Crippen molar-refractivity contribution in [2.75, 3.05) is 0 Å². The zero-order valence-electron chi connectivity index (χ0n) is 11.3. The van der Waals surface area contributed by atoms with E-state index in [0.717, 1.165) is 37.5 Å². The minimum atomic E-state index is -0.444. The molecule has 0 N–H and O–H groups in total. The van der Waals surface area contributed by atoms with Gasteiger partial charge >= 0.3 is 5.69 Å². The van der Waals surface area contributed by atoms with Gasteiger partial charge < -0.3 is 4.57 Å². The largest absolute Gasteiger partial charge is 0.313 e. The lowest BCUT2D eigenvalue weighted by molar-refractivity contribution is -0.385. The molecular formula is C12H16N6O2. The molecule has 0 amide bonds. The van der Waals surface area contributed by atoms with Gasteiger partial charge in [-0.25, -0.2) is 0 Å². The molecule has 106 valence electrons. The Morgan fingerprint density at radius 3 is 2.95 bits per heavy atom. The maximum Gasteiger partial charge on any atom is 0.307 e. The van der Waals surface area contributed by atoms with E-state index in [9.17, 15) is 10.1 Å². The highest BCUT2D eigenvalue weighted by molar-refractivity contribution is 5.21. The van der Waals surface area contributed by atoms with E-state index in [1.54, 1.807) is 4.68 Å². The zero-order valence-corrected chi connectivity index (χ0v) is 11.3. The summed E-state index contributed by atoms with van der Waals surface area (Å²) in [7, 11) is 0. The van der Waals surface area contributed by atoms with Crippen LogP contribution in [0.4, 0.5) is 5.69 Å². The summed E-state index contributed by atoms with van der Waals surface area (Å²) in [6, 6.07) is -0.164. The molecule has 0 spiro atoms. The van der Waals surface area contributed by atoms with E-state index in [0.29, 0.717) is 0 Å². The third-order valence-corrected chi connectivity index (χ3v) is 3.71. The van der Waals surface area contributed by atoms with Gasteiger partial charge in [-0.1, -0.05) is 6.42 Å². The smallest absolute Gasteiger partial charge is 0.307 e. The lowest BCUT2D eigenvalue weighted by atomic mass is 10.2. The van der Waals surface area contributed by atoms with Gasteiger partial charge in [0.25, 0.3) is 0 Å². The highest BCUT2D eigenvalue weighted by Gasteiger charge is 2.22. The van der Waals surface area contributed by atoms with Crippen LogP contribution in [0.15, 0.2) is 12.4 Å². The number of aryl methyl sites for hydroxylation is 1. The molecule has 0 saturated carbocycles. The van der Waals surface area contributed by atoms with E-state index in [2.05, 4.69) is 19.9 Å². The molecule has 1 aliphatic heterocycles. The number of nitrogens with zero attached hydrogens (tertiary/aromatic N) is 6. The van der Waals surface area contributed by atoms with E-state index >= 15 is 0 Å². The van der Waals surface area contributed by atoms with Crippen molar-refractivity contribution in [1.29, 1.82) is 0 Å². The van der Waals surface area contributed by atoms with Crippen LogP contribution in [0.3, 0.4) is 0 Å². The highest BCUT2D eigenvalue weighted by Crippen LogP contribution is 2.22. The average molecular weight is 276 g/mol. The Hall–Kier alpha value is -2.25. The Morgan fingerprint density at radius 1 is 1.35 bits per heavy atom. The van der Waals surface area contributed by atoms with Crippen LogP contribution in [0.25, 0.3) is 0 Å². The van der Waals surface area contributed by atoms with Gasteiger partial charge in [0.05, 0.1) is 4.92 Å². The lowest BCUT2D eigenvalue weighted by Crippen LogP contribution is -2.15. The molecule has 8 heteroatoms. The first kappa shape index (κ1) is 12.8. The Kier molecular flexibility index (Phi) is 3.21. The van der Waals surface area contributed by atoms with Crippen LogP contribution in [0.2, 0.25) is 0 Å². The first-order valence-electron chi connectivity index (χ1n) is 6.77. The third kappa shape index (κ3) is 2.17. The summed E-state index contributed by atoms with van der Waals surface area (Å²) in [5.41, 5.74) is -0.00699. The van der Waals surface area contributed by atoms with Gasteiger partial charge in [0.1, 0.15) is 24.3 Å². The summed E-state index contributed by atoms with van der Waals surface area (Å²) >= 11 is 0. The van der Waals surface area contributed by atoms with Crippen LogP contribution >= 0.6 is 0 Å². The fraction of sp³-hybridized carbons (Fsp3) is 0.583. The molecule has 2 aromatic heterocycles. The third-order valence-electron chi connectivity index (χ3n) is 3.71. The molecule has 0 unspecified atom stereocenters. The quantitative estimate of drug-likeness (QED) is 0.628. The minimum Gasteiger partial charge on any atom is -0.313 e. The van der Waals surface area contributed by atoms with Crippen LogP contribution < -0.4 is 0 Å². The second kappa shape index (κ2) is 5.03. The molecule has 0 saturated heterocycles. The molecule has 0 bridgehead atoms. The van der Waals surface area contributed by atoms with Crippen LogP contribution in [0.5, 0.6) is 0 Å².